The quantitative estimate of drug-likeness (QED) is 0.755. The third-order valence-electron chi connectivity index (χ3n) is 3.60. The van der Waals surface area contributed by atoms with Crippen molar-refractivity contribution in [3.05, 3.63) is 0 Å². The Bertz CT molecular complexity index is 210. The Labute approximate surface area is 93.0 Å². The molecule has 0 bridgehead atoms. The van der Waals surface area contributed by atoms with Crippen LogP contribution in [0.3, 0.4) is 0 Å². The van der Waals surface area contributed by atoms with E-state index in [4.69, 9.17) is 5.73 Å². The summed E-state index contributed by atoms with van der Waals surface area (Å²) in [5, 5.41) is 0. The van der Waals surface area contributed by atoms with Gasteiger partial charge in [-0.2, -0.15) is 0 Å². The zero-order chi connectivity index (χ0) is 11.3. The molecule has 1 rings (SSSR count). The Balaban J connectivity index is 2.56. The van der Waals surface area contributed by atoms with Gasteiger partial charge in [-0.15, -0.1) is 0 Å². The predicted octanol–water partition coefficient (Wildman–Crippen LogP) is 1.76. The molecule has 88 valence electrons. The van der Waals surface area contributed by atoms with Crippen molar-refractivity contribution >= 4 is 5.91 Å². The summed E-state index contributed by atoms with van der Waals surface area (Å²) in [7, 11) is 1.91. The molecule has 0 heterocycles. The molecule has 1 aliphatic carbocycles. The van der Waals surface area contributed by atoms with Gasteiger partial charge in [0, 0.05) is 20.1 Å². The minimum atomic E-state index is -0.220. The SMILES string of the molecule is CCCCN(C)C(=O)C1(CN)CCCC1. The van der Waals surface area contributed by atoms with E-state index in [1.807, 2.05) is 11.9 Å². The first-order chi connectivity index (χ1) is 7.16. The summed E-state index contributed by atoms with van der Waals surface area (Å²) in [6.45, 7) is 3.53. The fourth-order valence-electron chi connectivity index (χ4n) is 2.46. The Kier molecular flexibility index (Phi) is 4.58. The summed E-state index contributed by atoms with van der Waals surface area (Å²) < 4.78 is 0. The fraction of sp³-hybridized carbons (Fsp3) is 0.917. The molecule has 0 spiro atoms. The molecule has 0 aliphatic heterocycles. The van der Waals surface area contributed by atoms with Crippen molar-refractivity contribution in [2.24, 2.45) is 11.1 Å². The molecule has 1 aliphatic rings. The smallest absolute Gasteiger partial charge is 0.229 e. The van der Waals surface area contributed by atoms with Crippen LogP contribution in [0.2, 0.25) is 0 Å². The lowest BCUT2D eigenvalue weighted by molar-refractivity contribution is -0.140. The second kappa shape index (κ2) is 5.50. The lowest BCUT2D eigenvalue weighted by atomic mass is 9.84. The van der Waals surface area contributed by atoms with Crippen molar-refractivity contribution in [3.63, 3.8) is 0 Å². The zero-order valence-corrected chi connectivity index (χ0v) is 10.1. The van der Waals surface area contributed by atoms with Gasteiger partial charge in [0.1, 0.15) is 0 Å². The van der Waals surface area contributed by atoms with Crippen LogP contribution in [0.4, 0.5) is 0 Å². The van der Waals surface area contributed by atoms with Crippen molar-refractivity contribution in [3.8, 4) is 0 Å². The Hall–Kier alpha value is -0.570. The number of carbonyl (C=O) groups is 1. The summed E-state index contributed by atoms with van der Waals surface area (Å²) in [6.07, 6.45) is 6.50. The highest BCUT2D eigenvalue weighted by molar-refractivity contribution is 5.83. The van der Waals surface area contributed by atoms with E-state index in [0.29, 0.717) is 6.54 Å². The van der Waals surface area contributed by atoms with Gasteiger partial charge in [0.05, 0.1) is 5.41 Å². The maximum absolute atomic E-state index is 12.3. The number of hydrogen-bond acceptors (Lipinski definition) is 2. The van der Waals surface area contributed by atoms with Crippen LogP contribution in [0.15, 0.2) is 0 Å². The van der Waals surface area contributed by atoms with Crippen molar-refractivity contribution < 1.29 is 4.79 Å². The molecular formula is C12H24N2O. The van der Waals surface area contributed by atoms with E-state index >= 15 is 0 Å². The van der Waals surface area contributed by atoms with E-state index in [9.17, 15) is 4.79 Å². The lowest BCUT2D eigenvalue weighted by Crippen LogP contribution is -2.45. The van der Waals surface area contributed by atoms with Crippen molar-refractivity contribution in [1.82, 2.24) is 4.90 Å². The standard InChI is InChI=1S/C12H24N2O/c1-3-4-9-14(2)11(15)12(10-13)7-5-6-8-12/h3-10,13H2,1-2H3. The van der Waals surface area contributed by atoms with Gasteiger partial charge in [-0.25, -0.2) is 0 Å². The molecule has 3 heteroatoms. The molecule has 0 radical (unpaired) electrons. The van der Waals surface area contributed by atoms with Gasteiger partial charge in [0.2, 0.25) is 5.91 Å². The molecule has 0 saturated heterocycles. The Morgan fingerprint density at radius 2 is 2.00 bits per heavy atom. The maximum Gasteiger partial charge on any atom is 0.229 e. The molecule has 3 nitrogen and oxygen atoms in total. The first kappa shape index (κ1) is 12.5. The normalized spacial score (nSPS) is 19.1. The number of nitrogens with two attached hydrogens (primary N) is 1. The third kappa shape index (κ3) is 2.71. The first-order valence-corrected chi connectivity index (χ1v) is 6.12. The van der Waals surface area contributed by atoms with Crippen LogP contribution in [-0.2, 0) is 4.79 Å². The van der Waals surface area contributed by atoms with Crippen LogP contribution in [0.5, 0.6) is 0 Å². The maximum atomic E-state index is 12.3. The summed E-state index contributed by atoms with van der Waals surface area (Å²) in [5.74, 6) is 0.274. The van der Waals surface area contributed by atoms with Gasteiger partial charge in [0.15, 0.2) is 0 Å². The van der Waals surface area contributed by atoms with Gasteiger partial charge < -0.3 is 10.6 Å². The zero-order valence-electron chi connectivity index (χ0n) is 10.1. The Morgan fingerprint density at radius 3 is 2.47 bits per heavy atom. The van der Waals surface area contributed by atoms with Gasteiger partial charge in [-0.3, -0.25) is 4.79 Å². The minimum Gasteiger partial charge on any atom is -0.345 e. The van der Waals surface area contributed by atoms with Crippen molar-refractivity contribution in [2.75, 3.05) is 20.1 Å². The second-order valence-electron chi connectivity index (χ2n) is 4.77. The average Bonchev–Trinajstić information content (AvgIpc) is 2.74. The topological polar surface area (TPSA) is 46.3 Å². The highest BCUT2D eigenvalue weighted by atomic mass is 16.2. The van der Waals surface area contributed by atoms with Crippen LogP contribution in [0, 0.1) is 5.41 Å². The van der Waals surface area contributed by atoms with Crippen LogP contribution in [0.1, 0.15) is 45.4 Å². The van der Waals surface area contributed by atoms with Gasteiger partial charge in [0.25, 0.3) is 0 Å². The van der Waals surface area contributed by atoms with Crippen LogP contribution in [-0.4, -0.2) is 30.9 Å². The molecule has 0 aromatic rings. The molecule has 2 N–H and O–H groups in total. The van der Waals surface area contributed by atoms with Gasteiger partial charge >= 0.3 is 0 Å². The van der Waals surface area contributed by atoms with E-state index < -0.39 is 0 Å². The Morgan fingerprint density at radius 1 is 1.40 bits per heavy atom. The monoisotopic (exact) mass is 212 g/mol. The number of rotatable bonds is 5. The average molecular weight is 212 g/mol. The summed E-state index contributed by atoms with van der Waals surface area (Å²) in [6, 6.07) is 0. The second-order valence-corrected chi connectivity index (χ2v) is 4.77. The van der Waals surface area contributed by atoms with Crippen LogP contribution >= 0.6 is 0 Å². The molecule has 1 fully saturated rings. The molecule has 15 heavy (non-hydrogen) atoms. The number of unbranched alkanes of at least 4 members (excludes halogenated alkanes) is 1. The molecule has 0 atom stereocenters. The van der Waals surface area contributed by atoms with E-state index in [2.05, 4.69) is 6.92 Å². The van der Waals surface area contributed by atoms with E-state index in [-0.39, 0.29) is 11.3 Å². The number of amides is 1. The molecule has 0 aromatic carbocycles. The highest BCUT2D eigenvalue weighted by Gasteiger charge is 2.41. The van der Waals surface area contributed by atoms with Crippen molar-refractivity contribution in [1.29, 1.82) is 0 Å². The van der Waals surface area contributed by atoms with Gasteiger partial charge in [-0.05, 0) is 19.3 Å². The molecule has 0 aromatic heterocycles. The number of nitrogens with zero attached hydrogens (tertiary/aromatic N) is 1. The fourth-order valence-corrected chi connectivity index (χ4v) is 2.46. The lowest BCUT2D eigenvalue weighted by Gasteiger charge is -2.31. The molecular weight excluding hydrogens is 188 g/mol. The first-order valence-electron chi connectivity index (χ1n) is 6.12. The molecule has 0 unspecified atom stereocenters. The number of hydrogen-bond donors (Lipinski definition) is 1. The van der Waals surface area contributed by atoms with Crippen molar-refractivity contribution in [2.45, 2.75) is 45.4 Å². The molecule has 1 saturated carbocycles. The third-order valence-corrected chi connectivity index (χ3v) is 3.60. The summed E-state index contributed by atoms with van der Waals surface area (Å²) >= 11 is 0. The summed E-state index contributed by atoms with van der Waals surface area (Å²) in [4.78, 5) is 14.1. The van der Waals surface area contributed by atoms with Crippen LogP contribution < -0.4 is 5.73 Å². The molecule has 1 amide bonds. The summed E-state index contributed by atoms with van der Waals surface area (Å²) in [5.41, 5.74) is 5.57. The number of carbonyl (C=O) groups excluding carboxylic acids is 1. The van der Waals surface area contributed by atoms with Gasteiger partial charge in [-0.1, -0.05) is 26.2 Å². The van der Waals surface area contributed by atoms with Crippen LogP contribution in [0.25, 0.3) is 0 Å². The van der Waals surface area contributed by atoms with E-state index in [0.717, 1.165) is 45.1 Å². The predicted molar refractivity (Wildman–Crippen MR) is 62.5 cm³/mol. The minimum absolute atomic E-state index is 0.220. The largest absolute Gasteiger partial charge is 0.345 e. The van der Waals surface area contributed by atoms with E-state index in [1.165, 1.54) is 0 Å². The highest BCUT2D eigenvalue weighted by Crippen LogP contribution is 2.38. The van der Waals surface area contributed by atoms with E-state index in [1.54, 1.807) is 0 Å².